The van der Waals surface area contributed by atoms with Crippen LogP contribution in [0.1, 0.15) is 40.5 Å². The summed E-state index contributed by atoms with van der Waals surface area (Å²) in [5, 5.41) is 13.0. The minimum Gasteiger partial charge on any atom is -0.389 e. The molecule has 0 bridgehead atoms. The van der Waals surface area contributed by atoms with Gasteiger partial charge in [-0.25, -0.2) is 0 Å². The minimum atomic E-state index is -0.761. The third-order valence-corrected chi connectivity index (χ3v) is 3.82. The molecule has 1 rings (SSSR count). The van der Waals surface area contributed by atoms with E-state index in [0.29, 0.717) is 19.1 Å². The highest BCUT2D eigenvalue weighted by Crippen LogP contribution is 2.10. The standard InChI is InChI=1S/C15H31N3O2/c1-5-17-9-7-13(8-10-17)16-14(19)11-18(6-2)12-15(3,4)20/h13,20H,5-12H2,1-4H3,(H,16,19). The number of amides is 1. The molecule has 1 amide bonds. The molecule has 5 heteroatoms. The molecule has 1 aliphatic heterocycles. The summed E-state index contributed by atoms with van der Waals surface area (Å²) in [4.78, 5) is 16.5. The van der Waals surface area contributed by atoms with Gasteiger partial charge in [-0.3, -0.25) is 9.69 Å². The van der Waals surface area contributed by atoms with E-state index in [9.17, 15) is 9.90 Å². The molecule has 118 valence electrons. The van der Waals surface area contributed by atoms with Crippen molar-refractivity contribution in [2.45, 2.75) is 52.2 Å². The third-order valence-electron chi connectivity index (χ3n) is 3.82. The van der Waals surface area contributed by atoms with E-state index in [2.05, 4.69) is 17.1 Å². The van der Waals surface area contributed by atoms with Crippen LogP contribution in [0.4, 0.5) is 0 Å². The Bertz CT molecular complexity index is 294. The van der Waals surface area contributed by atoms with Crippen LogP contribution < -0.4 is 5.32 Å². The van der Waals surface area contributed by atoms with Gasteiger partial charge in [-0.15, -0.1) is 0 Å². The summed E-state index contributed by atoms with van der Waals surface area (Å²) >= 11 is 0. The van der Waals surface area contributed by atoms with Gasteiger partial charge in [0.25, 0.3) is 0 Å². The first-order valence-electron chi connectivity index (χ1n) is 7.80. The first kappa shape index (κ1) is 17.4. The number of hydrogen-bond donors (Lipinski definition) is 2. The van der Waals surface area contributed by atoms with Gasteiger partial charge in [-0.05, 0) is 39.8 Å². The number of hydrogen-bond acceptors (Lipinski definition) is 4. The Morgan fingerprint density at radius 3 is 2.40 bits per heavy atom. The van der Waals surface area contributed by atoms with E-state index in [1.54, 1.807) is 13.8 Å². The predicted octanol–water partition coefficient (Wildman–Crippen LogP) is 0.680. The van der Waals surface area contributed by atoms with Gasteiger partial charge < -0.3 is 15.3 Å². The summed E-state index contributed by atoms with van der Waals surface area (Å²) < 4.78 is 0. The number of nitrogens with zero attached hydrogens (tertiary/aromatic N) is 2. The van der Waals surface area contributed by atoms with Gasteiger partial charge in [0.05, 0.1) is 12.1 Å². The highest BCUT2D eigenvalue weighted by Gasteiger charge is 2.22. The number of likely N-dealkylation sites (N-methyl/N-ethyl adjacent to an activating group) is 1. The van der Waals surface area contributed by atoms with Crippen molar-refractivity contribution in [2.75, 3.05) is 39.3 Å². The fourth-order valence-corrected chi connectivity index (χ4v) is 2.70. The summed E-state index contributed by atoms with van der Waals surface area (Å²) in [6.45, 7) is 12.6. The van der Waals surface area contributed by atoms with Crippen molar-refractivity contribution in [3.63, 3.8) is 0 Å². The van der Waals surface area contributed by atoms with Crippen molar-refractivity contribution in [1.29, 1.82) is 0 Å². The predicted molar refractivity (Wildman–Crippen MR) is 81.7 cm³/mol. The van der Waals surface area contributed by atoms with Crippen LogP contribution in [0, 0.1) is 0 Å². The highest BCUT2D eigenvalue weighted by molar-refractivity contribution is 5.78. The van der Waals surface area contributed by atoms with Crippen LogP contribution in [0.3, 0.4) is 0 Å². The second-order valence-corrected chi connectivity index (χ2v) is 6.39. The van der Waals surface area contributed by atoms with Crippen LogP contribution in [0.25, 0.3) is 0 Å². The van der Waals surface area contributed by atoms with Crippen molar-refractivity contribution < 1.29 is 9.90 Å². The van der Waals surface area contributed by atoms with Crippen molar-refractivity contribution in [2.24, 2.45) is 0 Å². The van der Waals surface area contributed by atoms with Crippen molar-refractivity contribution in [1.82, 2.24) is 15.1 Å². The van der Waals surface area contributed by atoms with Crippen LogP contribution in [0.5, 0.6) is 0 Å². The molecule has 2 N–H and O–H groups in total. The molecule has 0 atom stereocenters. The largest absolute Gasteiger partial charge is 0.389 e. The molecule has 0 spiro atoms. The number of aliphatic hydroxyl groups is 1. The van der Waals surface area contributed by atoms with Crippen molar-refractivity contribution in [3.05, 3.63) is 0 Å². The topological polar surface area (TPSA) is 55.8 Å². The molecule has 20 heavy (non-hydrogen) atoms. The van der Waals surface area contributed by atoms with E-state index in [1.165, 1.54) is 0 Å². The molecule has 0 saturated carbocycles. The van der Waals surface area contributed by atoms with Gasteiger partial charge in [-0.2, -0.15) is 0 Å². The van der Waals surface area contributed by atoms with Gasteiger partial charge in [-0.1, -0.05) is 13.8 Å². The summed E-state index contributed by atoms with van der Waals surface area (Å²) in [5.74, 6) is 0.0750. The second kappa shape index (κ2) is 7.96. The van der Waals surface area contributed by atoms with Gasteiger partial charge >= 0.3 is 0 Å². The van der Waals surface area contributed by atoms with E-state index in [4.69, 9.17) is 0 Å². The van der Waals surface area contributed by atoms with Crippen LogP contribution in [-0.2, 0) is 4.79 Å². The summed E-state index contributed by atoms with van der Waals surface area (Å²) in [6, 6.07) is 0.311. The molecule has 5 nitrogen and oxygen atoms in total. The molecule has 1 aliphatic rings. The van der Waals surface area contributed by atoms with Crippen LogP contribution in [0.2, 0.25) is 0 Å². The highest BCUT2D eigenvalue weighted by atomic mass is 16.3. The smallest absolute Gasteiger partial charge is 0.234 e. The molecule has 0 aromatic rings. The van der Waals surface area contributed by atoms with E-state index < -0.39 is 5.60 Å². The average molecular weight is 285 g/mol. The summed E-state index contributed by atoms with van der Waals surface area (Å²) in [7, 11) is 0. The fourth-order valence-electron chi connectivity index (χ4n) is 2.70. The molecule has 1 saturated heterocycles. The number of piperidine rings is 1. The Morgan fingerprint density at radius 1 is 1.35 bits per heavy atom. The lowest BCUT2D eigenvalue weighted by Gasteiger charge is -2.32. The zero-order valence-corrected chi connectivity index (χ0v) is 13.5. The lowest BCUT2D eigenvalue weighted by atomic mass is 10.1. The number of nitrogens with one attached hydrogen (secondary N) is 1. The van der Waals surface area contributed by atoms with E-state index in [1.807, 2.05) is 11.8 Å². The number of likely N-dealkylation sites (tertiary alicyclic amines) is 1. The minimum absolute atomic E-state index is 0.0750. The lowest BCUT2D eigenvalue weighted by Crippen LogP contribution is -2.49. The monoisotopic (exact) mass is 285 g/mol. The quantitative estimate of drug-likeness (QED) is 0.722. The molecular formula is C15H31N3O2. The van der Waals surface area contributed by atoms with Gasteiger partial charge in [0.2, 0.25) is 5.91 Å². The molecular weight excluding hydrogens is 254 g/mol. The van der Waals surface area contributed by atoms with Gasteiger partial charge in [0, 0.05) is 25.7 Å². The maximum Gasteiger partial charge on any atom is 0.234 e. The lowest BCUT2D eigenvalue weighted by molar-refractivity contribution is -0.123. The zero-order valence-electron chi connectivity index (χ0n) is 13.5. The second-order valence-electron chi connectivity index (χ2n) is 6.39. The maximum atomic E-state index is 12.1. The maximum absolute atomic E-state index is 12.1. The van der Waals surface area contributed by atoms with Crippen LogP contribution in [0.15, 0.2) is 0 Å². The fraction of sp³-hybridized carbons (Fsp3) is 0.933. The first-order valence-corrected chi connectivity index (χ1v) is 7.80. The third kappa shape index (κ3) is 6.68. The number of carbonyl (C=O) groups is 1. The van der Waals surface area contributed by atoms with Crippen LogP contribution >= 0.6 is 0 Å². The SMILES string of the molecule is CCN1CCC(NC(=O)CN(CC)CC(C)(C)O)CC1. The Morgan fingerprint density at radius 2 is 1.95 bits per heavy atom. The molecule has 1 fully saturated rings. The van der Waals surface area contributed by atoms with E-state index in [-0.39, 0.29) is 5.91 Å². The summed E-state index contributed by atoms with van der Waals surface area (Å²) in [5.41, 5.74) is -0.761. The average Bonchev–Trinajstić information content (AvgIpc) is 2.37. The van der Waals surface area contributed by atoms with E-state index >= 15 is 0 Å². The van der Waals surface area contributed by atoms with Crippen LogP contribution in [-0.4, -0.2) is 71.7 Å². The van der Waals surface area contributed by atoms with E-state index in [0.717, 1.165) is 39.0 Å². The Labute approximate surface area is 123 Å². The molecule has 0 aromatic heterocycles. The molecule has 1 heterocycles. The molecule has 0 unspecified atom stereocenters. The first-order chi connectivity index (χ1) is 9.34. The Balaban J connectivity index is 2.32. The Hall–Kier alpha value is -0.650. The van der Waals surface area contributed by atoms with Crippen molar-refractivity contribution >= 4 is 5.91 Å². The molecule has 0 radical (unpaired) electrons. The van der Waals surface area contributed by atoms with Gasteiger partial charge in [0.1, 0.15) is 0 Å². The normalized spacial score (nSPS) is 18.5. The van der Waals surface area contributed by atoms with Crippen molar-refractivity contribution in [3.8, 4) is 0 Å². The summed E-state index contributed by atoms with van der Waals surface area (Å²) in [6.07, 6.45) is 2.08. The van der Waals surface area contributed by atoms with Gasteiger partial charge in [0.15, 0.2) is 0 Å². The molecule has 0 aromatic carbocycles. The number of carbonyl (C=O) groups excluding carboxylic acids is 1. The molecule has 0 aliphatic carbocycles. The Kier molecular flexibility index (Phi) is 6.92. The number of rotatable bonds is 7. The zero-order chi connectivity index (χ0) is 15.2.